The van der Waals surface area contributed by atoms with Gasteiger partial charge >= 0.3 is 6.03 Å². The number of carbonyl (C=O) groups excluding carboxylic acids is 1. The number of hydrogen-bond donors (Lipinski definition) is 1. The third-order valence-electron chi connectivity index (χ3n) is 3.58. The van der Waals surface area contributed by atoms with Crippen molar-refractivity contribution in [1.29, 1.82) is 0 Å². The molecule has 1 aromatic heterocycles. The number of aromatic nitrogens is 1. The van der Waals surface area contributed by atoms with Gasteiger partial charge in [-0.15, -0.1) is 0 Å². The number of halogens is 1. The van der Waals surface area contributed by atoms with Gasteiger partial charge in [0.05, 0.1) is 13.2 Å². The van der Waals surface area contributed by atoms with Gasteiger partial charge in [0.2, 0.25) is 5.88 Å². The molecule has 2 heterocycles. The molecule has 1 saturated heterocycles. The van der Waals surface area contributed by atoms with E-state index in [4.69, 9.17) is 9.47 Å². The Morgan fingerprint density at radius 1 is 1.21 bits per heavy atom. The molecule has 0 saturated carbocycles. The van der Waals surface area contributed by atoms with Gasteiger partial charge in [-0.05, 0) is 29.8 Å². The number of hydrogen-bond acceptors (Lipinski definition) is 4. The Morgan fingerprint density at radius 2 is 1.96 bits per heavy atom. The van der Waals surface area contributed by atoms with E-state index < -0.39 is 0 Å². The third kappa shape index (κ3) is 4.42. The SMILES string of the molecule is O=C(NCc1ccc(Oc2ccc(F)cc2)nc1)N1CCOCC1. The van der Waals surface area contributed by atoms with E-state index in [0.29, 0.717) is 44.5 Å². The molecule has 0 spiro atoms. The van der Waals surface area contributed by atoms with Gasteiger partial charge in [0.15, 0.2) is 0 Å². The number of carbonyl (C=O) groups is 1. The van der Waals surface area contributed by atoms with Crippen LogP contribution in [-0.4, -0.2) is 42.2 Å². The van der Waals surface area contributed by atoms with Crippen LogP contribution in [0.15, 0.2) is 42.6 Å². The summed E-state index contributed by atoms with van der Waals surface area (Å²) >= 11 is 0. The first-order valence-electron chi connectivity index (χ1n) is 7.69. The summed E-state index contributed by atoms with van der Waals surface area (Å²) in [6.45, 7) is 2.75. The number of benzene rings is 1. The van der Waals surface area contributed by atoms with Crippen molar-refractivity contribution >= 4 is 6.03 Å². The maximum Gasteiger partial charge on any atom is 0.317 e. The molecule has 24 heavy (non-hydrogen) atoms. The summed E-state index contributed by atoms with van der Waals surface area (Å²) in [6, 6.07) is 9.15. The summed E-state index contributed by atoms with van der Waals surface area (Å²) in [7, 11) is 0. The predicted octanol–water partition coefficient (Wildman–Crippen LogP) is 2.55. The number of pyridine rings is 1. The van der Waals surface area contributed by atoms with E-state index in [2.05, 4.69) is 10.3 Å². The number of morpholine rings is 1. The summed E-state index contributed by atoms with van der Waals surface area (Å²) < 4.78 is 23.6. The Balaban J connectivity index is 1.50. The average Bonchev–Trinajstić information content (AvgIpc) is 2.63. The molecule has 1 fully saturated rings. The average molecular weight is 331 g/mol. The maximum absolute atomic E-state index is 12.8. The maximum atomic E-state index is 12.8. The second kappa shape index (κ2) is 7.74. The van der Waals surface area contributed by atoms with Gasteiger partial charge < -0.3 is 19.7 Å². The quantitative estimate of drug-likeness (QED) is 0.935. The van der Waals surface area contributed by atoms with Crippen LogP contribution in [-0.2, 0) is 11.3 Å². The van der Waals surface area contributed by atoms with Gasteiger partial charge in [-0.1, -0.05) is 6.07 Å². The van der Waals surface area contributed by atoms with Crippen molar-refractivity contribution in [1.82, 2.24) is 15.2 Å². The summed E-state index contributed by atoms with van der Waals surface area (Å²) in [6.07, 6.45) is 1.64. The fourth-order valence-electron chi connectivity index (χ4n) is 2.26. The fraction of sp³-hybridized carbons (Fsp3) is 0.294. The number of amides is 2. The van der Waals surface area contributed by atoms with E-state index in [1.165, 1.54) is 24.3 Å². The van der Waals surface area contributed by atoms with Crippen LogP contribution >= 0.6 is 0 Å². The molecular formula is C17H18FN3O3. The molecule has 0 bridgehead atoms. The highest BCUT2D eigenvalue weighted by Crippen LogP contribution is 2.19. The molecule has 0 unspecified atom stereocenters. The molecule has 1 aliphatic heterocycles. The largest absolute Gasteiger partial charge is 0.439 e. The summed E-state index contributed by atoms with van der Waals surface area (Å²) in [5.41, 5.74) is 0.864. The van der Waals surface area contributed by atoms with Gasteiger partial charge in [0, 0.05) is 31.9 Å². The highest BCUT2D eigenvalue weighted by molar-refractivity contribution is 5.74. The Labute approximate surface area is 139 Å². The third-order valence-corrected chi connectivity index (χ3v) is 3.58. The highest BCUT2D eigenvalue weighted by atomic mass is 19.1. The zero-order valence-corrected chi connectivity index (χ0v) is 13.1. The van der Waals surface area contributed by atoms with Crippen molar-refractivity contribution in [2.75, 3.05) is 26.3 Å². The Kier molecular flexibility index (Phi) is 5.22. The van der Waals surface area contributed by atoms with Crippen molar-refractivity contribution in [3.63, 3.8) is 0 Å². The van der Waals surface area contributed by atoms with E-state index in [0.717, 1.165) is 5.56 Å². The molecule has 2 aromatic rings. The molecule has 3 rings (SSSR count). The molecule has 0 atom stereocenters. The van der Waals surface area contributed by atoms with Crippen LogP contribution in [0.1, 0.15) is 5.56 Å². The standard InChI is InChI=1S/C17H18FN3O3/c18-14-2-4-15(5-3-14)24-16-6-1-13(11-19-16)12-20-17(22)21-7-9-23-10-8-21/h1-6,11H,7-10,12H2,(H,20,22). The van der Waals surface area contributed by atoms with Crippen LogP contribution in [0.25, 0.3) is 0 Å². The van der Waals surface area contributed by atoms with Crippen LogP contribution < -0.4 is 10.1 Å². The topological polar surface area (TPSA) is 63.7 Å². The van der Waals surface area contributed by atoms with Gasteiger partial charge in [-0.3, -0.25) is 0 Å². The van der Waals surface area contributed by atoms with Crippen LogP contribution in [0.4, 0.5) is 9.18 Å². The first kappa shape index (κ1) is 16.2. The van der Waals surface area contributed by atoms with E-state index in [1.807, 2.05) is 6.07 Å². The summed E-state index contributed by atoms with van der Waals surface area (Å²) in [5, 5.41) is 2.85. The van der Waals surface area contributed by atoms with Crippen LogP contribution in [0.3, 0.4) is 0 Å². The Bertz CT molecular complexity index is 670. The lowest BCUT2D eigenvalue weighted by Gasteiger charge is -2.26. The van der Waals surface area contributed by atoms with Crippen molar-refractivity contribution in [3.05, 3.63) is 54.0 Å². The Morgan fingerprint density at radius 3 is 2.62 bits per heavy atom. The number of ether oxygens (including phenoxy) is 2. The minimum atomic E-state index is -0.318. The highest BCUT2D eigenvalue weighted by Gasteiger charge is 2.16. The molecule has 126 valence electrons. The molecule has 1 N–H and O–H groups in total. The lowest BCUT2D eigenvalue weighted by atomic mass is 10.3. The monoisotopic (exact) mass is 331 g/mol. The molecule has 2 amide bonds. The first-order chi connectivity index (χ1) is 11.7. The van der Waals surface area contributed by atoms with Gasteiger partial charge in [-0.25, -0.2) is 14.2 Å². The van der Waals surface area contributed by atoms with E-state index >= 15 is 0 Å². The molecular weight excluding hydrogens is 313 g/mol. The van der Waals surface area contributed by atoms with Gasteiger partial charge in [0.1, 0.15) is 11.6 Å². The zero-order valence-electron chi connectivity index (χ0n) is 13.1. The molecule has 7 heteroatoms. The van der Waals surface area contributed by atoms with Crippen LogP contribution in [0, 0.1) is 5.82 Å². The summed E-state index contributed by atoms with van der Waals surface area (Å²) in [4.78, 5) is 17.9. The second-order valence-electron chi connectivity index (χ2n) is 5.32. The minimum absolute atomic E-state index is 0.107. The fourth-order valence-corrected chi connectivity index (χ4v) is 2.26. The summed E-state index contributed by atoms with van der Waals surface area (Å²) in [5.74, 6) is 0.601. The minimum Gasteiger partial charge on any atom is -0.439 e. The number of urea groups is 1. The number of nitrogens with one attached hydrogen (secondary N) is 1. The van der Waals surface area contributed by atoms with Crippen molar-refractivity contribution in [2.45, 2.75) is 6.54 Å². The second-order valence-corrected chi connectivity index (χ2v) is 5.32. The van der Waals surface area contributed by atoms with Crippen molar-refractivity contribution in [2.24, 2.45) is 0 Å². The lowest BCUT2D eigenvalue weighted by molar-refractivity contribution is 0.0531. The van der Waals surface area contributed by atoms with E-state index in [9.17, 15) is 9.18 Å². The molecule has 0 radical (unpaired) electrons. The van der Waals surface area contributed by atoms with E-state index in [-0.39, 0.29) is 11.8 Å². The normalized spacial score (nSPS) is 14.3. The molecule has 1 aromatic carbocycles. The van der Waals surface area contributed by atoms with Gasteiger partial charge in [-0.2, -0.15) is 0 Å². The van der Waals surface area contributed by atoms with Gasteiger partial charge in [0.25, 0.3) is 0 Å². The molecule has 1 aliphatic rings. The van der Waals surface area contributed by atoms with Crippen molar-refractivity contribution < 1.29 is 18.7 Å². The van der Waals surface area contributed by atoms with E-state index in [1.54, 1.807) is 17.2 Å². The first-order valence-corrected chi connectivity index (χ1v) is 7.69. The van der Waals surface area contributed by atoms with Crippen molar-refractivity contribution in [3.8, 4) is 11.6 Å². The predicted molar refractivity (Wildman–Crippen MR) is 85.3 cm³/mol. The zero-order chi connectivity index (χ0) is 16.8. The lowest BCUT2D eigenvalue weighted by Crippen LogP contribution is -2.45. The number of nitrogens with zero attached hydrogens (tertiary/aromatic N) is 2. The molecule has 0 aliphatic carbocycles. The smallest absolute Gasteiger partial charge is 0.317 e. The van der Waals surface area contributed by atoms with Crippen LogP contribution in [0.5, 0.6) is 11.6 Å². The number of rotatable bonds is 4. The Hall–Kier alpha value is -2.67. The van der Waals surface area contributed by atoms with Crippen LogP contribution in [0.2, 0.25) is 0 Å². The molecule has 6 nitrogen and oxygen atoms in total.